The molecule has 0 amide bonds. The number of benzene rings is 2. The summed E-state index contributed by atoms with van der Waals surface area (Å²) in [4.78, 5) is 8.55. The fraction of sp³-hybridized carbons (Fsp3) is 0.462. The summed E-state index contributed by atoms with van der Waals surface area (Å²) >= 11 is 4.72. The monoisotopic (exact) mass is 833 g/mol. The largest absolute Gasteiger partial charge is 2.00 e. The quantitative estimate of drug-likeness (QED) is 0.173. The van der Waals surface area contributed by atoms with E-state index in [0.717, 1.165) is 37.3 Å². The molecule has 0 heterocycles. The van der Waals surface area contributed by atoms with Gasteiger partial charge in [-0.05, 0) is 69.5 Å². The van der Waals surface area contributed by atoms with Crippen LogP contribution >= 0.6 is 19.5 Å². The molecule has 0 radical (unpaired) electrons. The predicted octanol–water partition coefficient (Wildman–Crippen LogP) is 4.04. The minimum atomic E-state index is 0. The molecule has 0 spiro atoms. The van der Waals surface area contributed by atoms with Crippen molar-refractivity contribution in [3.8, 4) is 5.92 Å². The van der Waals surface area contributed by atoms with Crippen LogP contribution in [0.1, 0.15) is 27.8 Å². The zero-order chi connectivity index (χ0) is 24.7. The van der Waals surface area contributed by atoms with Gasteiger partial charge in [0.1, 0.15) is 0 Å². The normalized spacial score (nSPS) is 10.2. The Labute approximate surface area is 239 Å². The number of hydrogen-bond acceptors (Lipinski definition) is 4. The van der Waals surface area contributed by atoms with Gasteiger partial charge in [-0.1, -0.05) is 0 Å². The summed E-state index contributed by atoms with van der Waals surface area (Å²) < 4.78 is 0. The van der Waals surface area contributed by atoms with Gasteiger partial charge in [0.05, 0.1) is 0 Å². The van der Waals surface area contributed by atoms with E-state index in [2.05, 4.69) is 106 Å². The van der Waals surface area contributed by atoms with Crippen molar-refractivity contribution >= 4 is 19.5 Å². The third-order valence-corrected chi connectivity index (χ3v) is 4.01. The second-order valence-electron chi connectivity index (χ2n) is 8.75. The Bertz CT molecular complexity index is 767. The van der Waals surface area contributed by atoms with E-state index in [9.17, 15) is 0 Å². The first-order valence-corrected chi connectivity index (χ1v) is 14.9. The van der Waals surface area contributed by atoms with Crippen LogP contribution in [-0.2, 0) is 62.8 Å². The molecular weight excluding hydrogens is 797 g/mol. The second-order valence-corrected chi connectivity index (χ2v) is 8.75. The van der Waals surface area contributed by atoms with E-state index < -0.39 is 0 Å². The smallest absolute Gasteiger partial charge is 2.00 e. The van der Waals surface area contributed by atoms with Crippen LogP contribution in [0.2, 0.25) is 0 Å². The van der Waals surface area contributed by atoms with Crippen LogP contribution in [0.25, 0.3) is 0 Å². The SMILES string of the molecule is CN(C)Cc1c[c-]cc(CN(C)C)c1.[C-]#Cc1[c-]c(CN(C)C)cc(CN(C)C)c1.[Pd+][I].[Pt+2]. The van der Waals surface area contributed by atoms with Crippen LogP contribution < -0.4 is 0 Å². The molecule has 7 heteroatoms. The van der Waals surface area contributed by atoms with Gasteiger partial charge in [-0.15, -0.1) is 28.3 Å². The van der Waals surface area contributed by atoms with Crippen molar-refractivity contribution in [3.63, 3.8) is 0 Å². The maximum absolute atomic E-state index is 7.19. The van der Waals surface area contributed by atoms with E-state index in [-0.39, 0.29) is 21.1 Å². The van der Waals surface area contributed by atoms with Gasteiger partial charge in [0.25, 0.3) is 0 Å². The average Bonchev–Trinajstić information content (AvgIpc) is 2.68. The molecule has 33 heavy (non-hydrogen) atoms. The molecule has 2 aromatic rings. The molecule has 0 bridgehead atoms. The molecule has 0 aliphatic heterocycles. The maximum atomic E-state index is 7.19. The van der Waals surface area contributed by atoms with Crippen LogP contribution in [0, 0.1) is 24.5 Å². The molecular formula is C26H37IN4PdPt. The minimum Gasteiger partial charge on any atom is 2.00 e. The van der Waals surface area contributed by atoms with E-state index in [1.165, 1.54) is 16.7 Å². The van der Waals surface area contributed by atoms with Crippen LogP contribution in [0.3, 0.4) is 0 Å². The van der Waals surface area contributed by atoms with Crippen LogP contribution in [0.15, 0.2) is 30.3 Å². The van der Waals surface area contributed by atoms with Crippen LogP contribution in [-0.4, -0.2) is 76.0 Å². The van der Waals surface area contributed by atoms with Gasteiger partial charge in [-0.2, -0.15) is 24.3 Å². The summed E-state index contributed by atoms with van der Waals surface area (Å²) in [6.45, 7) is 3.69. The molecule has 0 unspecified atom stereocenters. The Kier molecular flexibility index (Phi) is 21.4. The predicted molar refractivity (Wildman–Crippen MR) is 140 cm³/mol. The van der Waals surface area contributed by atoms with Gasteiger partial charge in [0.15, 0.2) is 0 Å². The molecule has 0 saturated heterocycles. The summed E-state index contributed by atoms with van der Waals surface area (Å²) in [6, 6.07) is 16.8. The summed E-state index contributed by atoms with van der Waals surface area (Å²) in [6.07, 6.45) is 7.19. The van der Waals surface area contributed by atoms with Gasteiger partial charge >= 0.3 is 56.2 Å². The van der Waals surface area contributed by atoms with E-state index in [1.807, 2.05) is 53.8 Å². The molecule has 0 aliphatic rings. The molecule has 0 fully saturated rings. The van der Waals surface area contributed by atoms with Gasteiger partial charge < -0.3 is 31.9 Å². The molecule has 4 nitrogen and oxygen atoms in total. The second kappa shape index (κ2) is 20.1. The minimum absolute atomic E-state index is 0. The van der Waals surface area contributed by atoms with Crippen LogP contribution in [0.4, 0.5) is 0 Å². The fourth-order valence-corrected chi connectivity index (χ4v) is 3.14. The molecule has 0 atom stereocenters. The summed E-state index contributed by atoms with van der Waals surface area (Å²) in [5.74, 6) is 2.41. The Morgan fingerprint density at radius 3 is 1.55 bits per heavy atom. The van der Waals surface area contributed by atoms with E-state index in [1.54, 1.807) is 0 Å². The van der Waals surface area contributed by atoms with Crippen LogP contribution in [0.5, 0.6) is 0 Å². The number of halogens is 1. The van der Waals surface area contributed by atoms with Crippen molar-refractivity contribution in [2.24, 2.45) is 0 Å². The molecule has 2 rings (SSSR count). The van der Waals surface area contributed by atoms with Crippen molar-refractivity contribution in [3.05, 3.63) is 76.7 Å². The van der Waals surface area contributed by atoms with Crippen molar-refractivity contribution in [1.29, 1.82) is 0 Å². The summed E-state index contributed by atoms with van der Waals surface area (Å²) in [5, 5.41) is 0. The van der Waals surface area contributed by atoms with Gasteiger partial charge in [0, 0.05) is 13.1 Å². The number of hydrogen-bond donors (Lipinski definition) is 0. The fourth-order valence-electron chi connectivity index (χ4n) is 3.14. The van der Waals surface area contributed by atoms with Gasteiger partial charge in [-0.25, -0.2) is 12.1 Å². The standard InChI is InChI=1S/C14H18N2.C12H19N2.HI.Pd.Pt/c1-6-12-7-13(10-15(2)3)9-14(8-12)11-16(4)5;1-13(2)9-11-6-5-7-12(8-11)10-14(3)4;;;/h7,9H,10-11H2,2-5H3;6-8H,9-10H2,1-4H3;1H;;/q-2;-1;;2*+2/p-1. The van der Waals surface area contributed by atoms with E-state index >= 15 is 0 Å². The Hall–Kier alpha value is -0.0794. The maximum Gasteiger partial charge on any atom is 2.00 e. The Balaban J connectivity index is 0. The van der Waals surface area contributed by atoms with Crippen molar-refractivity contribution in [2.45, 2.75) is 26.2 Å². The van der Waals surface area contributed by atoms with E-state index in [0.29, 0.717) is 0 Å². The topological polar surface area (TPSA) is 13.0 Å². The third kappa shape index (κ3) is 17.9. The zero-order valence-electron chi connectivity index (χ0n) is 21.0. The molecule has 2 aromatic carbocycles. The molecule has 0 aromatic heterocycles. The number of rotatable bonds is 8. The molecule has 0 saturated carbocycles. The first kappa shape index (κ1) is 35.1. The number of nitrogens with zero attached hydrogens (tertiary/aromatic N) is 4. The van der Waals surface area contributed by atoms with Crippen molar-refractivity contribution in [1.82, 2.24) is 19.6 Å². The van der Waals surface area contributed by atoms with Crippen molar-refractivity contribution < 1.29 is 36.7 Å². The third-order valence-electron chi connectivity index (χ3n) is 4.01. The Morgan fingerprint density at radius 2 is 1.15 bits per heavy atom. The van der Waals surface area contributed by atoms with Crippen molar-refractivity contribution in [2.75, 3.05) is 56.4 Å². The first-order valence-electron chi connectivity index (χ1n) is 10.3. The molecule has 188 valence electrons. The van der Waals surface area contributed by atoms with E-state index in [4.69, 9.17) is 6.42 Å². The summed E-state index contributed by atoms with van der Waals surface area (Å²) in [5.41, 5.74) is 5.70. The first-order chi connectivity index (χ1) is 15.1. The average molecular weight is 834 g/mol. The van der Waals surface area contributed by atoms with Gasteiger partial charge in [-0.3, -0.25) is 5.56 Å². The summed E-state index contributed by atoms with van der Waals surface area (Å²) in [7, 11) is 16.5. The molecule has 0 aliphatic carbocycles. The van der Waals surface area contributed by atoms with Gasteiger partial charge in [0.2, 0.25) is 0 Å². The Morgan fingerprint density at radius 1 is 0.727 bits per heavy atom. The molecule has 0 N–H and O–H groups in total. The zero-order valence-corrected chi connectivity index (χ0v) is 27.0.